The molecule has 0 saturated carbocycles. The number of nitrogens with one attached hydrogen (secondary N) is 1. The molecule has 1 heterocycles. The molecule has 0 atom stereocenters. The fourth-order valence-corrected chi connectivity index (χ4v) is 1.90. The third-order valence-corrected chi connectivity index (χ3v) is 2.93. The van der Waals surface area contributed by atoms with Gasteiger partial charge in [-0.3, -0.25) is 0 Å². The maximum absolute atomic E-state index is 5.94. The molecule has 5 nitrogen and oxygen atoms in total. The van der Waals surface area contributed by atoms with E-state index in [1.807, 2.05) is 29.2 Å². The average Bonchev–Trinajstić information content (AvgIpc) is 2.41. The largest absolute Gasteiger partial charge is 0.340 e. The number of benzene rings is 1. The highest BCUT2D eigenvalue weighted by atomic mass is 35.5. The van der Waals surface area contributed by atoms with Crippen LogP contribution in [0.15, 0.2) is 30.5 Å². The summed E-state index contributed by atoms with van der Waals surface area (Å²) in [5, 5.41) is 11.9. The molecule has 0 bridgehead atoms. The van der Waals surface area contributed by atoms with Crippen LogP contribution in [0.2, 0.25) is 5.02 Å². The third kappa shape index (κ3) is 3.54. The van der Waals surface area contributed by atoms with Gasteiger partial charge in [0.15, 0.2) is 5.82 Å². The number of halogens is 1. The zero-order valence-electron chi connectivity index (χ0n) is 11.0. The molecule has 1 N–H and O–H groups in total. The van der Waals surface area contributed by atoms with Gasteiger partial charge in [-0.2, -0.15) is 10.1 Å². The van der Waals surface area contributed by atoms with Crippen LogP contribution in [0.3, 0.4) is 0 Å². The molecule has 1 aromatic heterocycles. The van der Waals surface area contributed by atoms with Crippen molar-refractivity contribution in [1.29, 1.82) is 0 Å². The maximum atomic E-state index is 5.94. The first kappa shape index (κ1) is 13.5. The fourth-order valence-electron chi connectivity index (χ4n) is 1.71. The lowest BCUT2D eigenvalue weighted by Gasteiger charge is -2.18. The van der Waals surface area contributed by atoms with Gasteiger partial charge in [-0.1, -0.05) is 17.7 Å². The summed E-state index contributed by atoms with van der Waals surface area (Å²) < 4.78 is 0. The van der Waals surface area contributed by atoms with Crippen molar-refractivity contribution in [2.75, 3.05) is 23.3 Å². The van der Waals surface area contributed by atoms with Crippen molar-refractivity contribution in [2.45, 2.75) is 13.8 Å². The summed E-state index contributed by atoms with van der Waals surface area (Å²) in [6.45, 7) is 5.81. The molecule has 100 valence electrons. The monoisotopic (exact) mass is 277 g/mol. The second-order valence-electron chi connectivity index (χ2n) is 3.95. The van der Waals surface area contributed by atoms with Crippen LogP contribution in [-0.2, 0) is 0 Å². The molecule has 0 unspecified atom stereocenters. The Kier molecular flexibility index (Phi) is 4.52. The molecule has 0 radical (unpaired) electrons. The number of hydrogen-bond donors (Lipinski definition) is 1. The highest BCUT2D eigenvalue weighted by Crippen LogP contribution is 2.19. The van der Waals surface area contributed by atoms with Crippen molar-refractivity contribution in [1.82, 2.24) is 15.2 Å². The highest BCUT2D eigenvalue weighted by Gasteiger charge is 2.07. The molecule has 2 aromatic rings. The molecule has 6 heteroatoms. The Morgan fingerprint density at radius 3 is 2.74 bits per heavy atom. The summed E-state index contributed by atoms with van der Waals surface area (Å²) in [5.41, 5.74) is 0.874. The van der Waals surface area contributed by atoms with Gasteiger partial charge in [-0.15, -0.1) is 5.10 Å². The van der Waals surface area contributed by atoms with Crippen LogP contribution in [-0.4, -0.2) is 28.3 Å². The van der Waals surface area contributed by atoms with Crippen LogP contribution >= 0.6 is 11.6 Å². The first-order valence-corrected chi connectivity index (χ1v) is 6.58. The third-order valence-electron chi connectivity index (χ3n) is 2.69. The summed E-state index contributed by atoms with van der Waals surface area (Å²) in [5.74, 6) is 1.27. The number of aromatic nitrogens is 3. The molecule has 0 spiro atoms. The molecule has 0 aliphatic rings. The zero-order valence-corrected chi connectivity index (χ0v) is 11.7. The molecule has 2 rings (SSSR count). The Morgan fingerprint density at radius 2 is 2.05 bits per heavy atom. The molecular formula is C13H16ClN5. The Bertz CT molecular complexity index is 542. The fraction of sp³-hybridized carbons (Fsp3) is 0.308. The minimum atomic E-state index is 0.622. The predicted molar refractivity (Wildman–Crippen MR) is 78.1 cm³/mol. The van der Waals surface area contributed by atoms with E-state index in [1.54, 1.807) is 6.20 Å². The number of anilines is 3. The van der Waals surface area contributed by atoms with Gasteiger partial charge in [-0.05, 0) is 32.0 Å². The molecule has 0 amide bonds. The second kappa shape index (κ2) is 6.33. The van der Waals surface area contributed by atoms with E-state index >= 15 is 0 Å². The predicted octanol–water partition coefficient (Wildman–Crippen LogP) is 3.11. The molecule has 0 aliphatic carbocycles. The summed E-state index contributed by atoms with van der Waals surface area (Å²) in [4.78, 5) is 6.48. The molecular weight excluding hydrogens is 262 g/mol. The number of rotatable bonds is 5. The van der Waals surface area contributed by atoms with Crippen LogP contribution in [0.25, 0.3) is 0 Å². The van der Waals surface area contributed by atoms with Gasteiger partial charge in [0.2, 0.25) is 5.95 Å². The van der Waals surface area contributed by atoms with Crippen LogP contribution in [0.1, 0.15) is 13.8 Å². The van der Waals surface area contributed by atoms with Crippen molar-refractivity contribution in [3.8, 4) is 0 Å². The van der Waals surface area contributed by atoms with Gasteiger partial charge in [0.25, 0.3) is 0 Å². The normalized spacial score (nSPS) is 10.3. The van der Waals surface area contributed by atoms with E-state index < -0.39 is 0 Å². The SMILES string of the molecule is CCN(CC)c1nncc(Nc2cccc(Cl)c2)n1. The van der Waals surface area contributed by atoms with Gasteiger partial charge in [0, 0.05) is 23.8 Å². The average molecular weight is 278 g/mol. The van der Waals surface area contributed by atoms with Gasteiger partial charge in [0.05, 0.1) is 6.20 Å². The summed E-state index contributed by atoms with van der Waals surface area (Å²) in [6, 6.07) is 7.46. The van der Waals surface area contributed by atoms with Gasteiger partial charge < -0.3 is 10.2 Å². The topological polar surface area (TPSA) is 53.9 Å². The first-order valence-electron chi connectivity index (χ1n) is 6.20. The first-order chi connectivity index (χ1) is 9.22. The molecule has 1 aromatic carbocycles. The van der Waals surface area contributed by atoms with E-state index in [1.165, 1.54) is 0 Å². The lowest BCUT2D eigenvalue weighted by molar-refractivity contribution is 0.796. The highest BCUT2D eigenvalue weighted by molar-refractivity contribution is 6.30. The van der Waals surface area contributed by atoms with Crippen molar-refractivity contribution < 1.29 is 0 Å². The van der Waals surface area contributed by atoms with Crippen molar-refractivity contribution in [3.63, 3.8) is 0 Å². The molecule has 0 aliphatic heterocycles. The summed E-state index contributed by atoms with van der Waals surface area (Å²) in [7, 11) is 0. The van der Waals surface area contributed by atoms with Crippen LogP contribution in [0, 0.1) is 0 Å². The Balaban J connectivity index is 2.19. The van der Waals surface area contributed by atoms with E-state index in [9.17, 15) is 0 Å². The standard InChI is InChI=1S/C13H16ClN5/c1-3-19(4-2)13-17-12(9-15-18-13)16-11-7-5-6-10(14)8-11/h5-9H,3-4H2,1-2H3,(H,16,17,18). The number of nitrogens with zero attached hydrogens (tertiary/aromatic N) is 4. The Labute approximate surface area is 117 Å². The quantitative estimate of drug-likeness (QED) is 0.910. The molecule has 0 saturated heterocycles. The van der Waals surface area contributed by atoms with E-state index in [-0.39, 0.29) is 0 Å². The van der Waals surface area contributed by atoms with Crippen LogP contribution in [0.4, 0.5) is 17.5 Å². The van der Waals surface area contributed by atoms with E-state index in [0.717, 1.165) is 18.8 Å². The van der Waals surface area contributed by atoms with E-state index in [0.29, 0.717) is 16.8 Å². The second-order valence-corrected chi connectivity index (χ2v) is 4.39. The van der Waals surface area contributed by atoms with Crippen LogP contribution in [0.5, 0.6) is 0 Å². The smallest absolute Gasteiger partial charge is 0.247 e. The minimum Gasteiger partial charge on any atom is -0.340 e. The van der Waals surface area contributed by atoms with Crippen molar-refractivity contribution >= 4 is 29.1 Å². The summed E-state index contributed by atoms with van der Waals surface area (Å²) >= 11 is 5.94. The lowest BCUT2D eigenvalue weighted by Crippen LogP contribution is -2.24. The van der Waals surface area contributed by atoms with Crippen molar-refractivity contribution in [2.24, 2.45) is 0 Å². The molecule has 0 fully saturated rings. The zero-order chi connectivity index (χ0) is 13.7. The number of hydrogen-bond acceptors (Lipinski definition) is 5. The minimum absolute atomic E-state index is 0.622. The van der Waals surface area contributed by atoms with E-state index in [2.05, 4.69) is 34.3 Å². The van der Waals surface area contributed by atoms with Gasteiger partial charge in [-0.25, -0.2) is 0 Å². The van der Waals surface area contributed by atoms with Gasteiger partial charge >= 0.3 is 0 Å². The molecule has 19 heavy (non-hydrogen) atoms. The van der Waals surface area contributed by atoms with Crippen molar-refractivity contribution in [3.05, 3.63) is 35.5 Å². The lowest BCUT2D eigenvalue weighted by atomic mass is 10.3. The van der Waals surface area contributed by atoms with Crippen LogP contribution < -0.4 is 10.2 Å². The summed E-state index contributed by atoms with van der Waals surface area (Å²) in [6.07, 6.45) is 1.59. The Morgan fingerprint density at radius 1 is 1.26 bits per heavy atom. The Hall–Kier alpha value is -1.88. The van der Waals surface area contributed by atoms with E-state index in [4.69, 9.17) is 11.6 Å². The van der Waals surface area contributed by atoms with Gasteiger partial charge in [0.1, 0.15) is 0 Å². The maximum Gasteiger partial charge on any atom is 0.247 e.